The summed E-state index contributed by atoms with van der Waals surface area (Å²) in [5.74, 6) is 2.17. The Bertz CT molecular complexity index is 1480. The Balaban J connectivity index is 1.28. The lowest BCUT2D eigenvalue weighted by atomic mass is 9.89. The minimum atomic E-state index is -4.16. The average molecular weight is 539 g/mol. The predicted molar refractivity (Wildman–Crippen MR) is 144 cm³/mol. The molecule has 3 heterocycles. The molecule has 0 saturated carbocycles. The lowest BCUT2D eigenvalue weighted by Gasteiger charge is -2.32. The monoisotopic (exact) mass is 538 g/mol. The molecule has 1 aliphatic heterocycles. The summed E-state index contributed by atoms with van der Waals surface area (Å²) >= 11 is 0. The van der Waals surface area contributed by atoms with Gasteiger partial charge in [0, 0.05) is 38.0 Å². The summed E-state index contributed by atoms with van der Waals surface area (Å²) in [5, 5.41) is 6.01. The van der Waals surface area contributed by atoms with E-state index < -0.39 is 12.7 Å². The van der Waals surface area contributed by atoms with E-state index in [1.807, 2.05) is 54.1 Å². The van der Waals surface area contributed by atoms with Gasteiger partial charge in [-0.3, -0.25) is 9.69 Å². The molecule has 1 saturated heterocycles. The number of amides is 1. The number of nitrogens with zero attached hydrogens (tertiary/aromatic N) is 4. The van der Waals surface area contributed by atoms with Gasteiger partial charge in [-0.25, -0.2) is 9.97 Å². The number of hydrogen-bond acceptors (Lipinski definition) is 6. The Morgan fingerprint density at radius 1 is 1.08 bits per heavy atom. The Morgan fingerprint density at radius 3 is 2.59 bits per heavy atom. The van der Waals surface area contributed by atoms with Gasteiger partial charge in [0.15, 0.2) is 0 Å². The van der Waals surface area contributed by atoms with Crippen LogP contribution in [0, 0.1) is 0 Å². The van der Waals surface area contributed by atoms with E-state index in [2.05, 4.69) is 15.6 Å². The molecular weight excluding hydrogens is 509 g/mol. The van der Waals surface area contributed by atoms with Gasteiger partial charge in [0.1, 0.15) is 17.3 Å². The van der Waals surface area contributed by atoms with Crippen LogP contribution in [-0.4, -0.2) is 51.2 Å². The zero-order valence-corrected chi connectivity index (χ0v) is 21.6. The number of rotatable bonds is 7. The molecule has 2 aromatic heterocycles. The van der Waals surface area contributed by atoms with Gasteiger partial charge in [-0.2, -0.15) is 13.2 Å². The molecule has 11 heteroatoms. The molecule has 0 radical (unpaired) electrons. The number of carbonyl (C=O) groups is 1. The van der Waals surface area contributed by atoms with Gasteiger partial charge in [0.05, 0.1) is 17.6 Å². The maximum atomic E-state index is 12.7. The number of anilines is 3. The van der Waals surface area contributed by atoms with Crippen molar-refractivity contribution < 1.29 is 22.7 Å². The quantitative estimate of drug-likeness (QED) is 0.291. The van der Waals surface area contributed by atoms with E-state index in [-0.39, 0.29) is 11.8 Å². The molecule has 0 aliphatic carbocycles. The van der Waals surface area contributed by atoms with Crippen molar-refractivity contribution in [2.75, 3.05) is 30.3 Å². The smallest absolute Gasteiger partial charge is 0.401 e. The molecule has 1 fully saturated rings. The topological polar surface area (TPSA) is 84.3 Å². The normalized spacial score (nSPS) is 14.9. The van der Waals surface area contributed by atoms with Gasteiger partial charge < -0.3 is 19.9 Å². The van der Waals surface area contributed by atoms with E-state index in [4.69, 9.17) is 9.72 Å². The van der Waals surface area contributed by atoms with Crippen LogP contribution in [0.1, 0.15) is 31.2 Å². The molecule has 0 spiro atoms. The van der Waals surface area contributed by atoms with Gasteiger partial charge in [0.25, 0.3) is 0 Å². The van der Waals surface area contributed by atoms with Crippen LogP contribution in [0.15, 0.2) is 60.8 Å². The first kappa shape index (κ1) is 26.5. The number of likely N-dealkylation sites (tertiary alicyclic amines) is 1. The van der Waals surface area contributed by atoms with Gasteiger partial charge in [0.2, 0.25) is 11.9 Å². The number of aryl methyl sites for hydroxylation is 1. The summed E-state index contributed by atoms with van der Waals surface area (Å²) in [6, 6.07) is 16.9. The Kier molecular flexibility index (Phi) is 7.42. The Hall–Kier alpha value is -4.12. The third kappa shape index (κ3) is 6.66. The van der Waals surface area contributed by atoms with Crippen molar-refractivity contribution in [1.82, 2.24) is 19.4 Å². The molecule has 0 unspecified atom stereocenters. The van der Waals surface area contributed by atoms with Crippen LogP contribution < -0.4 is 15.4 Å². The highest BCUT2D eigenvalue weighted by Crippen LogP contribution is 2.32. The fourth-order valence-corrected chi connectivity index (χ4v) is 4.89. The van der Waals surface area contributed by atoms with Gasteiger partial charge >= 0.3 is 6.18 Å². The third-order valence-electron chi connectivity index (χ3n) is 6.73. The second-order valence-electron chi connectivity index (χ2n) is 9.72. The number of pyridine rings is 1. The van der Waals surface area contributed by atoms with Crippen LogP contribution in [0.3, 0.4) is 0 Å². The summed E-state index contributed by atoms with van der Waals surface area (Å²) in [7, 11) is 1.92. The molecular formula is C28H29F3N6O2. The zero-order chi connectivity index (χ0) is 27.6. The van der Waals surface area contributed by atoms with Gasteiger partial charge in [-0.05, 0) is 67.7 Å². The van der Waals surface area contributed by atoms with Crippen molar-refractivity contribution in [2.24, 2.45) is 7.05 Å². The van der Waals surface area contributed by atoms with Crippen LogP contribution in [0.2, 0.25) is 0 Å². The minimum Gasteiger partial charge on any atom is -0.457 e. The summed E-state index contributed by atoms with van der Waals surface area (Å²) < 4.78 is 46.1. The molecule has 8 nitrogen and oxygen atoms in total. The van der Waals surface area contributed by atoms with E-state index in [1.165, 1.54) is 11.8 Å². The lowest BCUT2D eigenvalue weighted by molar-refractivity contribution is -0.147. The van der Waals surface area contributed by atoms with E-state index in [1.54, 1.807) is 18.3 Å². The number of hydrogen-bond donors (Lipinski definition) is 2. The number of carbonyl (C=O) groups excluding carboxylic acids is 1. The lowest BCUT2D eigenvalue weighted by Crippen LogP contribution is -2.39. The number of imidazole rings is 1. The van der Waals surface area contributed by atoms with Crippen LogP contribution >= 0.6 is 0 Å². The highest BCUT2D eigenvalue weighted by molar-refractivity contribution is 5.87. The molecule has 0 bridgehead atoms. The molecule has 0 atom stereocenters. The summed E-state index contributed by atoms with van der Waals surface area (Å²) in [6.07, 6.45) is -1.22. The Morgan fingerprint density at radius 2 is 1.85 bits per heavy atom. The fraction of sp³-hybridized carbons (Fsp3) is 0.321. The first-order valence-corrected chi connectivity index (χ1v) is 12.7. The number of alkyl halides is 3. The van der Waals surface area contributed by atoms with Gasteiger partial charge in [-0.15, -0.1) is 0 Å². The zero-order valence-electron chi connectivity index (χ0n) is 21.6. The minimum absolute atomic E-state index is 0.216. The summed E-state index contributed by atoms with van der Waals surface area (Å²) in [6.45, 7) is 1.44. The number of fused-ring (bicyclic) bond motifs is 1. The number of nitrogens with one attached hydrogen (secondary N) is 2. The number of ether oxygens (including phenoxy) is 1. The number of benzene rings is 2. The predicted octanol–water partition coefficient (Wildman–Crippen LogP) is 6.20. The molecule has 1 aliphatic rings. The second kappa shape index (κ2) is 10.9. The summed E-state index contributed by atoms with van der Waals surface area (Å²) in [5.41, 5.74) is 3.62. The number of aromatic nitrogens is 3. The van der Waals surface area contributed by atoms with Crippen LogP contribution in [0.5, 0.6) is 11.5 Å². The Labute approximate surface area is 223 Å². The highest BCUT2D eigenvalue weighted by atomic mass is 19.4. The molecule has 204 valence electrons. The SMILES string of the molecule is CC(=O)Nc1cc(Oc2ccc3c(c2)nc(Nc2cccc(C4CCN(CC(F)(F)F)CC4)c2)n3C)ccn1. The third-order valence-corrected chi connectivity index (χ3v) is 6.73. The van der Waals surface area contributed by atoms with Crippen molar-refractivity contribution >= 4 is 34.4 Å². The first-order chi connectivity index (χ1) is 18.6. The van der Waals surface area contributed by atoms with E-state index in [0.717, 1.165) is 22.3 Å². The molecule has 5 rings (SSSR count). The van der Waals surface area contributed by atoms with Crippen molar-refractivity contribution in [3.05, 3.63) is 66.4 Å². The van der Waals surface area contributed by atoms with Crippen molar-refractivity contribution in [3.8, 4) is 11.5 Å². The second-order valence-corrected chi connectivity index (χ2v) is 9.72. The fourth-order valence-electron chi connectivity index (χ4n) is 4.89. The van der Waals surface area contributed by atoms with Crippen LogP contribution in [0.25, 0.3) is 11.0 Å². The van der Waals surface area contributed by atoms with Crippen molar-refractivity contribution in [3.63, 3.8) is 0 Å². The average Bonchev–Trinajstić information content (AvgIpc) is 3.17. The molecule has 39 heavy (non-hydrogen) atoms. The molecule has 2 N–H and O–H groups in total. The first-order valence-electron chi connectivity index (χ1n) is 12.7. The van der Waals surface area contributed by atoms with Crippen molar-refractivity contribution in [1.29, 1.82) is 0 Å². The maximum Gasteiger partial charge on any atom is 0.401 e. The number of halogens is 3. The highest BCUT2D eigenvalue weighted by Gasteiger charge is 2.32. The molecule has 4 aromatic rings. The molecule has 1 amide bonds. The number of piperidine rings is 1. The van der Waals surface area contributed by atoms with Crippen LogP contribution in [0.4, 0.5) is 30.6 Å². The maximum absolute atomic E-state index is 12.7. The molecule has 2 aromatic carbocycles. The van der Waals surface area contributed by atoms with Crippen molar-refractivity contribution in [2.45, 2.75) is 31.9 Å². The van der Waals surface area contributed by atoms with Crippen LogP contribution in [-0.2, 0) is 11.8 Å². The summed E-state index contributed by atoms with van der Waals surface area (Å²) in [4.78, 5) is 21.6. The van der Waals surface area contributed by atoms with Gasteiger partial charge in [-0.1, -0.05) is 12.1 Å². The largest absolute Gasteiger partial charge is 0.457 e. The standard InChI is InChI=1S/C28H29F3N6O2/c1-18(38)33-26-16-23(8-11-32-26)39-22-6-7-25-24(15-22)35-27(36(25)2)34-21-5-3-4-20(14-21)19-9-12-37(13-10-19)17-28(29,30)31/h3-8,11,14-16,19H,9-10,12-13,17H2,1-2H3,(H,34,35)(H,32,33,38). The van der Waals surface area contributed by atoms with E-state index in [0.29, 0.717) is 49.2 Å². The van der Waals surface area contributed by atoms with E-state index in [9.17, 15) is 18.0 Å². The van der Waals surface area contributed by atoms with E-state index >= 15 is 0 Å².